The Morgan fingerprint density at radius 3 is 2.85 bits per heavy atom. The third kappa shape index (κ3) is 4.66. The monoisotopic (exact) mass is 357 g/mol. The molecule has 0 saturated carbocycles. The molecule has 8 heteroatoms. The highest BCUT2D eigenvalue weighted by molar-refractivity contribution is 5.75. The molecular formula is C18H23N5O3. The van der Waals surface area contributed by atoms with Crippen molar-refractivity contribution >= 4 is 11.7 Å². The number of anilines is 1. The van der Waals surface area contributed by atoms with E-state index in [0.29, 0.717) is 26.3 Å². The van der Waals surface area contributed by atoms with Crippen LogP contribution in [-0.2, 0) is 22.6 Å². The summed E-state index contributed by atoms with van der Waals surface area (Å²) in [5.41, 5.74) is 1.50. The smallest absolute Gasteiger partial charge is 0.250 e. The summed E-state index contributed by atoms with van der Waals surface area (Å²) < 4.78 is 6.94. The molecule has 26 heavy (non-hydrogen) atoms. The van der Waals surface area contributed by atoms with Gasteiger partial charge in [-0.1, -0.05) is 6.07 Å². The number of hydrogen-bond acceptors (Lipinski definition) is 6. The quantitative estimate of drug-likeness (QED) is 0.809. The van der Waals surface area contributed by atoms with E-state index in [9.17, 15) is 9.59 Å². The Morgan fingerprint density at radius 2 is 2.08 bits per heavy atom. The Labute approximate surface area is 151 Å². The number of pyridine rings is 1. The molecule has 8 nitrogen and oxygen atoms in total. The summed E-state index contributed by atoms with van der Waals surface area (Å²) in [5.74, 6) is 0.727. The van der Waals surface area contributed by atoms with Crippen LogP contribution in [0, 0.1) is 6.92 Å². The van der Waals surface area contributed by atoms with Gasteiger partial charge in [0.25, 0.3) is 5.56 Å². The van der Waals surface area contributed by atoms with E-state index in [0.717, 1.165) is 30.3 Å². The van der Waals surface area contributed by atoms with Crippen LogP contribution in [0.3, 0.4) is 0 Å². The molecular weight excluding hydrogens is 334 g/mol. The molecule has 0 spiro atoms. The number of nitrogens with one attached hydrogen (secondary N) is 1. The minimum atomic E-state index is -0.119. The van der Waals surface area contributed by atoms with Crippen LogP contribution in [0.25, 0.3) is 0 Å². The first-order chi connectivity index (χ1) is 12.6. The average Bonchev–Trinajstić information content (AvgIpc) is 2.67. The molecule has 0 unspecified atom stereocenters. The second-order valence-corrected chi connectivity index (χ2v) is 6.15. The zero-order valence-corrected chi connectivity index (χ0v) is 14.9. The fourth-order valence-electron chi connectivity index (χ4n) is 2.85. The van der Waals surface area contributed by atoms with Crippen molar-refractivity contribution in [2.24, 2.45) is 0 Å². The highest BCUT2D eigenvalue weighted by Crippen LogP contribution is 2.12. The van der Waals surface area contributed by atoms with Gasteiger partial charge in [0, 0.05) is 43.9 Å². The van der Waals surface area contributed by atoms with E-state index < -0.39 is 0 Å². The molecule has 138 valence electrons. The van der Waals surface area contributed by atoms with Crippen LogP contribution in [0.2, 0.25) is 0 Å². The fraction of sp³-hybridized carbons (Fsp3) is 0.444. The maximum absolute atomic E-state index is 12.1. The van der Waals surface area contributed by atoms with E-state index in [2.05, 4.69) is 20.2 Å². The Kier molecular flexibility index (Phi) is 5.96. The van der Waals surface area contributed by atoms with E-state index in [1.807, 2.05) is 19.1 Å². The van der Waals surface area contributed by atoms with Crippen molar-refractivity contribution in [2.75, 3.05) is 31.2 Å². The van der Waals surface area contributed by atoms with Crippen LogP contribution >= 0.6 is 0 Å². The summed E-state index contributed by atoms with van der Waals surface area (Å²) in [6, 6.07) is 6.96. The average molecular weight is 357 g/mol. The Balaban J connectivity index is 1.52. The van der Waals surface area contributed by atoms with Gasteiger partial charge in [-0.2, -0.15) is 0 Å². The lowest BCUT2D eigenvalue weighted by molar-refractivity contribution is -0.121. The van der Waals surface area contributed by atoms with E-state index in [4.69, 9.17) is 4.74 Å². The molecule has 2 aromatic heterocycles. The molecule has 2 aromatic rings. The number of amides is 1. The first-order valence-corrected chi connectivity index (χ1v) is 8.70. The molecule has 0 atom stereocenters. The largest absolute Gasteiger partial charge is 0.378 e. The predicted octanol–water partition coefficient (Wildman–Crippen LogP) is 0.490. The lowest BCUT2D eigenvalue weighted by atomic mass is 10.3. The third-order valence-corrected chi connectivity index (χ3v) is 4.34. The lowest BCUT2D eigenvalue weighted by Gasteiger charge is -2.27. The molecule has 1 amide bonds. The van der Waals surface area contributed by atoms with Crippen molar-refractivity contribution in [2.45, 2.75) is 26.4 Å². The molecule has 0 aliphatic carbocycles. The van der Waals surface area contributed by atoms with E-state index in [-0.39, 0.29) is 17.9 Å². The summed E-state index contributed by atoms with van der Waals surface area (Å²) >= 11 is 0. The van der Waals surface area contributed by atoms with Gasteiger partial charge in [0.1, 0.15) is 12.1 Å². The van der Waals surface area contributed by atoms with Gasteiger partial charge < -0.3 is 19.5 Å². The number of nitrogens with zero attached hydrogens (tertiary/aromatic N) is 4. The standard InChI is InChI=1S/C18H23N5O3/c1-14-3-2-4-18(25)23(14)6-5-17(24)19-12-15-11-16(21-13-20-15)22-7-9-26-10-8-22/h2-4,11,13H,5-10,12H2,1H3,(H,19,24). The zero-order chi connectivity index (χ0) is 18.4. The summed E-state index contributed by atoms with van der Waals surface area (Å²) in [4.78, 5) is 34.6. The first kappa shape index (κ1) is 18.1. The van der Waals surface area contributed by atoms with Crippen LogP contribution < -0.4 is 15.8 Å². The minimum absolute atomic E-state index is 0.0937. The second kappa shape index (κ2) is 8.57. The topological polar surface area (TPSA) is 89.4 Å². The Bertz CT molecular complexity index is 814. The molecule has 1 N–H and O–H groups in total. The summed E-state index contributed by atoms with van der Waals surface area (Å²) in [5, 5.41) is 2.85. The minimum Gasteiger partial charge on any atom is -0.378 e. The van der Waals surface area contributed by atoms with Crippen molar-refractivity contribution < 1.29 is 9.53 Å². The van der Waals surface area contributed by atoms with Gasteiger partial charge in [0.2, 0.25) is 5.91 Å². The molecule has 0 radical (unpaired) electrons. The van der Waals surface area contributed by atoms with Crippen molar-refractivity contribution in [3.63, 3.8) is 0 Å². The SMILES string of the molecule is Cc1cccc(=O)n1CCC(=O)NCc1cc(N2CCOCC2)ncn1. The molecule has 3 heterocycles. The van der Waals surface area contributed by atoms with Crippen molar-refractivity contribution in [1.82, 2.24) is 19.9 Å². The summed E-state index contributed by atoms with van der Waals surface area (Å²) in [6.45, 7) is 5.53. The summed E-state index contributed by atoms with van der Waals surface area (Å²) in [6.07, 6.45) is 1.76. The number of ether oxygens (including phenoxy) is 1. The van der Waals surface area contributed by atoms with Gasteiger partial charge in [-0.15, -0.1) is 0 Å². The number of aromatic nitrogens is 3. The van der Waals surface area contributed by atoms with Crippen LogP contribution in [0.5, 0.6) is 0 Å². The molecule has 1 aliphatic rings. The third-order valence-electron chi connectivity index (χ3n) is 4.34. The Morgan fingerprint density at radius 1 is 1.27 bits per heavy atom. The van der Waals surface area contributed by atoms with Gasteiger partial charge in [0.15, 0.2) is 0 Å². The number of morpholine rings is 1. The molecule has 1 aliphatic heterocycles. The maximum atomic E-state index is 12.1. The Hall–Kier alpha value is -2.74. The highest BCUT2D eigenvalue weighted by atomic mass is 16.5. The number of hydrogen-bond donors (Lipinski definition) is 1. The normalized spacial score (nSPS) is 14.3. The fourth-order valence-corrected chi connectivity index (χ4v) is 2.85. The lowest BCUT2D eigenvalue weighted by Crippen LogP contribution is -2.37. The van der Waals surface area contributed by atoms with Gasteiger partial charge in [0.05, 0.1) is 25.5 Å². The molecule has 1 fully saturated rings. The highest BCUT2D eigenvalue weighted by Gasteiger charge is 2.13. The van der Waals surface area contributed by atoms with Gasteiger partial charge in [-0.25, -0.2) is 9.97 Å². The zero-order valence-electron chi connectivity index (χ0n) is 14.9. The molecule has 0 bridgehead atoms. The maximum Gasteiger partial charge on any atom is 0.250 e. The predicted molar refractivity (Wildman–Crippen MR) is 97.0 cm³/mol. The van der Waals surface area contributed by atoms with E-state index in [1.54, 1.807) is 10.6 Å². The molecule has 0 aromatic carbocycles. The molecule has 3 rings (SSSR count). The molecule has 1 saturated heterocycles. The van der Waals surface area contributed by atoms with Crippen molar-refractivity contribution in [1.29, 1.82) is 0 Å². The number of rotatable bonds is 6. The number of aryl methyl sites for hydroxylation is 1. The van der Waals surface area contributed by atoms with Gasteiger partial charge in [-0.3, -0.25) is 9.59 Å². The second-order valence-electron chi connectivity index (χ2n) is 6.15. The number of carbonyl (C=O) groups excluding carboxylic acids is 1. The number of carbonyl (C=O) groups is 1. The van der Waals surface area contributed by atoms with E-state index in [1.165, 1.54) is 12.4 Å². The van der Waals surface area contributed by atoms with E-state index >= 15 is 0 Å². The van der Waals surface area contributed by atoms with Crippen LogP contribution in [0.15, 0.2) is 35.4 Å². The van der Waals surface area contributed by atoms with Crippen LogP contribution in [0.1, 0.15) is 17.8 Å². The van der Waals surface area contributed by atoms with Gasteiger partial charge >= 0.3 is 0 Å². The summed E-state index contributed by atoms with van der Waals surface area (Å²) in [7, 11) is 0. The first-order valence-electron chi connectivity index (χ1n) is 8.70. The van der Waals surface area contributed by atoms with Crippen molar-refractivity contribution in [3.05, 3.63) is 52.3 Å². The van der Waals surface area contributed by atoms with Crippen molar-refractivity contribution in [3.8, 4) is 0 Å². The van der Waals surface area contributed by atoms with Gasteiger partial charge in [-0.05, 0) is 13.0 Å². The van der Waals surface area contributed by atoms with Crippen LogP contribution in [0.4, 0.5) is 5.82 Å². The van der Waals surface area contributed by atoms with Crippen LogP contribution in [-0.4, -0.2) is 46.7 Å².